The first-order valence-corrected chi connectivity index (χ1v) is 8.83. The van der Waals surface area contributed by atoms with Crippen LogP contribution >= 0.6 is 11.6 Å². The Bertz CT molecular complexity index is 799. The molecule has 1 atom stereocenters. The Hall–Kier alpha value is -2.40. The normalized spacial score (nSPS) is 12.1. The van der Waals surface area contributed by atoms with Crippen molar-refractivity contribution < 1.29 is 0 Å². The third kappa shape index (κ3) is 5.03. The first-order valence-electron chi connectivity index (χ1n) is 8.45. The summed E-state index contributed by atoms with van der Waals surface area (Å²) >= 11 is 5.92. The van der Waals surface area contributed by atoms with Crippen LogP contribution in [-0.4, -0.2) is 25.6 Å². The molecule has 0 aliphatic rings. The number of hydrogen-bond acceptors (Lipinski definition) is 4. The van der Waals surface area contributed by atoms with Gasteiger partial charge in [0.1, 0.15) is 23.8 Å². The van der Waals surface area contributed by atoms with Gasteiger partial charge in [-0.05, 0) is 50.8 Å². The number of aromatic nitrogens is 4. The van der Waals surface area contributed by atoms with Crippen LogP contribution in [0, 0.1) is 6.92 Å². The van der Waals surface area contributed by atoms with E-state index in [1.54, 1.807) is 12.5 Å². The zero-order valence-electron chi connectivity index (χ0n) is 14.5. The highest BCUT2D eigenvalue weighted by atomic mass is 35.5. The van der Waals surface area contributed by atoms with Gasteiger partial charge in [-0.2, -0.15) is 0 Å². The summed E-state index contributed by atoms with van der Waals surface area (Å²) in [5.41, 5.74) is 1.32. The minimum Gasteiger partial charge on any atom is -0.367 e. The van der Waals surface area contributed by atoms with Crippen molar-refractivity contribution >= 4 is 17.4 Å². The lowest BCUT2D eigenvalue weighted by Gasteiger charge is -2.15. The summed E-state index contributed by atoms with van der Waals surface area (Å²) in [6.45, 7) is 4.08. The predicted octanol–water partition coefficient (Wildman–Crippen LogP) is 4.45. The molecule has 0 bridgehead atoms. The molecule has 0 aliphatic heterocycles. The van der Waals surface area contributed by atoms with Gasteiger partial charge in [-0.25, -0.2) is 15.0 Å². The number of anilines is 1. The molecular weight excluding hydrogens is 334 g/mol. The fraction of sp³-hybridized carbons (Fsp3) is 0.316. The topological polar surface area (TPSA) is 55.6 Å². The predicted molar refractivity (Wildman–Crippen MR) is 101 cm³/mol. The number of nitrogens with zero attached hydrogens (tertiary/aromatic N) is 4. The van der Waals surface area contributed by atoms with Gasteiger partial charge in [0.15, 0.2) is 0 Å². The van der Waals surface area contributed by atoms with E-state index in [9.17, 15) is 0 Å². The lowest BCUT2D eigenvalue weighted by atomic mass is 10.1. The van der Waals surface area contributed by atoms with Gasteiger partial charge in [-0.1, -0.05) is 23.7 Å². The maximum Gasteiger partial charge on any atom is 0.143 e. The standard InChI is InChI=1S/C19H22ClN5/c1-14(4-3-5-16-6-8-17(20)9-7-16)22-18-12-19(24-15(2)23-18)25-11-10-21-13-25/h6-14H,3-5H2,1-2H3,(H,22,23,24)/t14-/m1/s1. The zero-order chi connectivity index (χ0) is 17.6. The molecule has 0 amide bonds. The molecule has 130 valence electrons. The fourth-order valence-corrected chi connectivity index (χ4v) is 2.87. The molecule has 0 spiro atoms. The van der Waals surface area contributed by atoms with Gasteiger partial charge in [0.25, 0.3) is 0 Å². The van der Waals surface area contributed by atoms with Gasteiger partial charge in [0.05, 0.1) is 0 Å². The number of imidazole rings is 1. The highest BCUT2D eigenvalue weighted by Crippen LogP contribution is 2.15. The molecule has 2 heterocycles. The Morgan fingerprint density at radius 1 is 1.20 bits per heavy atom. The van der Waals surface area contributed by atoms with Crippen molar-refractivity contribution in [1.82, 2.24) is 19.5 Å². The maximum absolute atomic E-state index is 5.92. The van der Waals surface area contributed by atoms with Crippen LogP contribution in [0.2, 0.25) is 5.02 Å². The molecule has 0 radical (unpaired) electrons. The molecule has 1 aromatic carbocycles. The molecule has 0 saturated heterocycles. The molecule has 0 aliphatic carbocycles. The third-order valence-electron chi connectivity index (χ3n) is 4.00. The van der Waals surface area contributed by atoms with Crippen molar-refractivity contribution in [3.63, 3.8) is 0 Å². The Labute approximate surface area is 153 Å². The second-order valence-electron chi connectivity index (χ2n) is 6.19. The largest absolute Gasteiger partial charge is 0.367 e. The molecule has 0 saturated carbocycles. The lowest BCUT2D eigenvalue weighted by molar-refractivity contribution is 0.652. The van der Waals surface area contributed by atoms with Gasteiger partial charge < -0.3 is 5.32 Å². The Kier molecular flexibility index (Phi) is 5.66. The van der Waals surface area contributed by atoms with Crippen molar-refractivity contribution in [3.8, 4) is 5.82 Å². The number of rotatable bonds is 7. The Balaban J connectivity index is 1.55. The average molecular weight is 356 g/mol. The molecule has 25 heavy (non-hydrogen) atoms. The number of hydrogen-bond donors (Lipinski definition) is 1. The van der Waals surface area contributed by atoms with Crippen molar-refractivity contribution in [2.75, 3.05) is 5.32 Å². The third-order valence-corrected chi connectivity index (χ3v) is 4.26. The molecule has 2 aromatic heterocycles. The molecule has 3 rings (SSSR count). The average Bonchev–Trinajstić information content (AvgIpc) is 3.11. The van der Waals surface area contributed by atoms with Crippen molar-refractivity contribution in [1.29, 1.82) is 0 Å². The molecule has 0 fully saturated rings. The Morgan fingerprint density at radius 3 is 2.72 bits per heavy atom. The van der Waals surface area contributed by atoms with Crippen LogP contribution in [0.25, 0.3) is 5.82 Å². The second-order valence-corrected chi connectivity index (χ2v) is 6.63. The molecule has 3 aromatic rings. The fourth-order valence-electron chi connectivity index (χ4n) is 2.74. The zero-order valence-corrected chi connectivity index (χ0v) is 15.2. The van der Waals surface area contributed by atoms with E-state index in [0.29, 0.717) is 6.04 Å². The van der Waals surface area contributed by atoms with E-state index in [1.165, 1.54) is 5.56 Å². The van der Waals surface area contributed by atoms with E-state index >= 15 is 0 Å². The summed E-state index contributed by atoms with van der Waals surface area (Å²) < 4.78 is 1.88. The summed E-state index contributed by atoms with van der Waals surface area (Å²) in [4.78, 5) is 13.0. The van der Waals surface area contributed by atoms with Crippen LogP contribution in [0.3, 0.4) is 0 Å². The highest BCUT2D eigenvalue weighted by Gasteiger charge is 2.07. The van der Waals surface area contributed by atoms with Crippen LogP contribution in [0.15, 0.2) is 49.1 Å². The van der Waals surface area contributed by atoms with E-state index in [-0.39, 0.29) is 0 Å². The van der Waals surface area contributed by atoms with Gasteiger partial charge in [-0.15, -0.1) is 0 Å². The number of aryl methyl sites for hydroxylation is 2. The van der Waals surface area contributed by atoms with Gasteiger partial charge >= 0.3 is 0 Å². The summed E-state index contributed by atoms with van der Waals surface area (Å²) in [7, 11) is 0. The van der Waals surface area contributed by atoms with E-state index < -0.39 is 0 Å². The van der Waals surface area contributed by atoms with Gasteiger partial charge in [0, 0.05) is 29.5 Å². The Morgan fingerprint density at radius 2 is 2.00 bits per heavy atom. The van der Waals surface area contributed by atoms with Crippen LogP contribution in [0.5, 0.6) is 0 Å². The summed E-state index contributed by atoms with van der Waals surface area (Å²) in [5, 5.41) is 4.26. The molecule has 0 unspecified atom stereocenters. The summed E-state index contributed by atoms with van der Waals surface area (Å²) in [6, 6.07) is 10.3. The SMILES string of the molecule is Cc1nc(N[C@H](C)CCCc2ccc(Cl)cc2)cc(-n2ccnc2)n1. The van der Waals surface area contributed by atoms with Crippen molar-refractivity contribution in [2.24, 2.45) is 0 Å². The minimum atomic E-state index is 0.331. The van der Waals surface area contributed by atoms with Crippen LogP contribution in [-0.2, 0) is 6.42 Å². The number of benzene rings is 1. The first-order chi connectivity index (χ1) is 12.1. The quantitative estimate of drug-likeness (QED) is 0.680. The highest BCUT2D eigenvalue weighted by molar-refractivity contribution is 6.30. The van der Waals surface area contributed by atoms with E-state index in [1.807, 2.05) is 35.9 Å². The molecule has 6 heteroatoms. The van der Waals surface area contributed by atoms with Crippen molar-refractivity contribution in [3.05, 3.63) is 65.5 Å². The van der Waals surface area contributed by atoms with Crippen LogP contribution in [0.4, 0.5) is 5.82 Å². The monoisotopic (exact) mass is 355 g/mol. The molecular formula is C19H22ClN5. The van der Waals surface area contributed by atoms with Gasteiger partial charge in [0.2, 0.25) is 0 Å². The van der Waals surface area contributed by atoms with Crippen LogP contribution in [0.1, 0.15) is 31.2 Å². The van der Waals surface area contributed by atoms with E-state index in [0.717, 1.165) is 41.7 Å². The maximum atomic E-state index is 5.92. The lowest BCUT2D eigenvalue weighted by Crippen LogP contribution is -2.17. The first kappa shape index (κ1) is 17.4. The molecule has 5 nitrogen and oxygen atoms in total. The smallest absolute Gasteiger partial charge is 0.143 e. The van der Waals surface area contributed by atoms with Gasteiger partial charge in [-0.3, -0.25) is 4.57 Å². The molecule has 1 N–H and O–H groups in total. The van der Waals surface area contributed by atoms with E-state index in [2.05, 4.69) is 39.3 Å². The van der Waals surface area contributed by atoms with E-state index in [4.69, 9.17) is 11.6 Å². The number of halogens is 1. The van der Waals surface area contributed by atoms with Crippen molar-refractivity contribution in [2.45, 2.75) is 39.2 Å². The summed E-state index contributed by atoms with van der Waals surface area (Å²) in [6.07, 6.45) is 8.57. The van der Waals surface area contributed by atoms with Crippen LogP contribution < -0.4 is 5.32 Å². The number of nitrogens with one attached hydrogen (secondary N) is 1. The summed E-state index contributed by atoms with van der Waals surface area (Å²) in [5.74, 6) is 2.40. The minimum absolute atomic E-state index is 0.331. The second kappa shape index (κ2) is 8.12.